The van der Waals surface area contributed by atoms with Gasteiger partial charge in [-0.2, -0.15) is 0 Å². The molecule has 0 spiro atoms. The van der Waals surface area contributed by atoms with Crippen LogP contribution in [-0.2, 0) is 35.5 Å². The minimum absolute atomic E-state index is 0.249. The van der Waals surface area contributed by atoms with Crippen molar-refractivity contribution in [3.8, 4) is 17.2 Å². The zero-order chi connectivity index (χ0) is 23.4. The van der Waals surface area contributed by atoms with Crippen LogP contribution in [0.1, 0.15) is 50.1 Å². The minimum Gasteiger partial charge on any atom is -0.507 e. The molecule has 0 bridgehead atoms. The van der Waals surface area contributed by atoms with Gasteiger partial charge in [0, 0.05) is 38.2 Å². The van der Waals surface area contributed by atoms with Crippen molar-refractivity contribution in [3.63, 3.8) is 0 Å². The molecule has 0 aromatic heterocycles. The number of aromatic hydroxyl groups is 3. The molecule has 3 aromatic carbocycles. The molecule has 0 atom stereocenters. The van der Waals surface area contributed by atoms with E-state index in [1.807, 2.05) is 57.2 Å². The molecule has 3 N–H and O–H groups in total. The molecule has 5 heteroatoms. The molecule has 0 aliphatic rings. The number of rotatable bonds is 8. The van der Waals surface area contributed by atoms with E-state index in [9.17, 15) is 15.3 Å². The lowest BCUT2D eigenvalue weighted by molar-refractivity contribution is 0.182. The van der Waals surface area contributed by atoms with E-state index in [2.05, 4.69) is 0 Å². The van der Waals surface area contributed by atoms with Gasteiger partial charge >= 0.3 is 0 Å². The van der Waals surface area contributed by atoms with Crippen molar-refractivity contribution in [2.24, 2.45) is 0 Å². The van der Waals surface area contributed by atoms with Gasteiger partial charge in [0.05, 0.1) is 13.2 Å². The number of methoxy groups -OCH3 is 2. The molecule has 32 heavy (non-hydrogen) atoms. The van der Waals surface area contributed by atoms with Crippen LogP contribution in [0.25, 0.3) is 0 Å². The predicted octanol–water partition coefficient (Wildman–Crippen LogP) is 5.20. The Morgan fingerprint density at radius 2 is 0.969 bits per heavy atom. The molecule has 0 radical (unpaired) electrons. The normalized spacial score (nSPS) is 11.2. The van der Waals surface area contributed by atoms with E-state index in [1.54, 1.807) is 14.2 Å². The topological polar surface area (TPSA) is 79.2 Å². The molecule has 0 fully saturated rings. The second-order valence-corrected chi connectivity index (χ2v) is 8.49. The molecular weight excluding hydrogens is 404 g/mol. The van der Waals surface area contributed by atoms with Gasteiger partial charge in [-0.25, -0.2) is 0 Å². The van der Waals surface area contributed by atoms with E-state index in [0.29, 0.717) is 26.1 Å². The summed E-state index contributed by atoms with van der Waals surface area (Å²) < 4.78 is 10.4. The van der Waals surface area contributed by atoms with E-state index < -0.39 is 0 Å². The Hall–Kier alpha value is -3.02. The summed E-state index contributed by atoms with van der Waals surface area (Å²) in [6, 6.07) is 11.7. The van der Waals surface area contributed by atoms with Crippen LogP contribution in [0, 0.1) is 20.8 Å². The van der Waals surface area contributed by atoms with Gasteiger partial charge in [0.15, 0.2) is 0 Å². The van der Waals surface area contributed by atoms with Crippen LogP contribution in [0.4, 0.5) is 0 Å². The van der Waals surface area contributed by atoms with Crippen LogP contribution < -0.4 is 0 Å². The third kappa shape index (κ3) is 5.23. The van der Waals surface area contributed by atoms with Crippen molar-refractivity contribution in [2.75, 3.05) is 14.2 Å². The first-order chi connectivity index (χ1) is 15.2. The Morgan fingerprint density at radius 1 is 0.562 bits per heavy atom. The zero-order valence-electron chi connectivity index (χ0n) is 19.5. The van der Waals surface area contributed by atoms with Gasteiger partial charge in [-0.3, -0.25) is 0 Å². The number of benzene rings is 3. The Kier molecular flexibility index (Phi) is 7.44. The predicted molar refractivity (Wildman–Crippen MR) is 126 cm³/mol. The lowest BCUT2D eigenvalue weighted by atomic mass is 9.93. The van der Waals surface area contributed by atoms with Gasteiger partial charge in [0.25, 0.3) is 0 Å². The van der Waals surface area contributed by atoms with E-state index in [-0.39, 0.29) is 17.2 Å². The first-order valence-corrected chi connectivity index (χ1v) is 10.7. The second-order valence-electron chi connectivity index (χ2n) is 8.49. The molecule has 0 aliphatic heterocycles. The lowest BCUT2D eigenvalue weighted by Gasteiger charge is -2.15. The van der Waals surface area contributed by atoms with Gasteiger partial charge in [0.1, 0.15) is 17.2 Å². The minimum atomic E-state index is 0.249. The Labute approximate surface area is 189 Å². The number of aryl methyl sites for hydroxylation is 3. The van der Waals surface area contributed by atoms with Crippen LogP contribution in [0.5, 0.6) is 17.2 Å². The Balaban J connectivity index is 1.95. The van der Waals surface area contributed by atoms with Crippen molar-refractivity contribution in [1.29, 1.82) is 0 Å². The van der Waals surface area contributed by atoms with Crippen molar-refractivity contribution < 1.29 is 24.8 Å². The number of phenols is 3. The molecule has 0 aliphatic carbocycles. The smallest absolute Gasteiger partial charge is 0.124 e. The first kappa shape index (κ1) is 23.6. The van der Waals surface area contributed by atoms with Crippen molar-refractivity contribution in [3.05, 3.63) is 86.5 Å². The third-order valence-electron chi connectivity index (χ3n) is 5.68. The number of hydrogen-bond donors (Lipinski definition) is 3. The maximum Gasteiger partial charge on any atom is 0.124 e. The summed E-state index contributed by atoms with van der Waals surface area (Å²) >= 11 is 0. The molecule has 0 saturated heterocycles. The first-order valence-electron chi connectivity index (χ1n) is 10.7. The maximum absolute atomic E-state index is 11.1. The van der Waals surface area contributed by atoms with E-state index in [1.165, 1.54) is 0 Å². The van der Waals surface area contributed by atoms with Crippen LogP contribution >= 0.6 is 0 Å². The zero-order valence-corrected chi connectivity index (χ0v) is 19.5. The molecular formula is C27H32O5. The molecule has 3 aromatic rings. The van der Waals surface area contributed by atoms with Gasteiger partial charge in [-0.15, -0.1) is 0 Å². The highest BCUT2D eigenvalue weighted by molar-refractivity contribution is 5.51. The van der Waals surface area contributed by atoms with Gasteiger partial charge < -0.3 is 24.8 Å². The van der Waals surface area contributed by atoms with Gasteiger partial charge in [0.2, 0.25) is 0 Å². The Morgan fingerprint density at radius 3 is 1.34 bits per heavy atom. The summed E-state index contributed by atoms with van der Waals surface area (Å²) in [5.74, 6) is 0.771. The molecule has 0 heterocycles. The van der Waals surface area contributed by atoms with Crippen molar-refractivity contribution in [1.82, 2.24) is 0 Å². The number of ether oxygens (including phenoxy) is 2. The average Bonchev–Trinajstić information content (AvgIpc) is 2.73. The van der Waals surface area contributed by atoms with E-state index >= 15 is 0 Å². The monoisotopic (exact) mass is 436 g/mol. The average molecular weight is 437 g/mol. The molecule has 170 valence electrons. The van der Waals surface area contributed by atoms with Crippen LogP contribution in [0.15, 0.2) is 36.4 Å². The van der Waals surface area contributed by atoms with Crippen LogP contribution in [0.2, 0.25) is 0 Å². The fourth-order valence-corrected chi connectivity index (χ4v) is 4.25. The van der Waals surface area contributed by atoms with Gasteiger partial charge in [-0.1, -0.05) is 29.8 Å². The summed E-state index contributed by atoms with van der Waals surface area (Å²) in [6.45, 7) is 6.41. The highest BCUT2D eigenvalue weighted by Gasteiger charge is 2.14. The standard InChI is InChI=1S/C27H32O5/c1-16-6-21(10-19-8-17(2)25(28)23(12-19)14-31-4)27(30)22(7-16)11-20-9-18(3)26(29)24(13-20)15-32-5/h6-9,12-13,28-30H,10-11,14-15H2,1-5H3. The summed E-state index contributed by atoms with van der Waals surface area (Å²) in [5.41, 5.74) is 7.78. The summed E-state index contributed by atoms with van der Waals surface area (Å²) in [4.78, 5) is 0. The maximum atomic E-state index is 11.1. The highest BCUT2D eigenvalue weighted by Crippen LogP contribution is 2.33. The second kappa shape index (κ2) is 10.1. The van der Waals surface area contributed by atoms with E-state index in [0.717, 1.165) is 50.1 Å². The Bertz CT molecular complexity index is 1030. The largest absolute Gasteiger partial charge is 0.507 e. The summed E-state index contributed by atoms with van der Waals surface area (Å²) in [7, 11) is 3.20. The van der Waals surface area contributed by atoms with Crippen LogP contribution in [-0.4, -0.2) is 29.5 Å². The van der Waals surface area contributed by atoms with Crippen LogP contribution in [0.3, 0.4) is 0 Å². The fourth-order valence-electron chi connectivity index (χ4n) is 4.25. The van der Waals surface area contributed by atoms with E-state index in [4.69, 9.17) is 9.47 Å². The summed E-state index contributed by atoms with van der Waals surface area (Å²) in [5, 5.41) is 31.6. The molecule has 0 saturated carbocycles. The third-order valence-corrected chi connectivity index (χ3v) is 5.68. The number of phenolic OH excluding ortho intramolecular Hbond substituents is 3. The molecule has 3 rings (SSSR count). The SMILES string of the molecule is COCc1cc(Cc2cc(C)cc(Cc3cc(C)c(O)c(COC)c3)c2O)cc(C)c1O. The number of hydrogen-bond acceptors (Lipinski definition) is 5. The molecule has 5 nitrogen and oxygen atoms in total. The highest BCUT2D eigenvalue weighted by atomic mass is 16.5. The molecule has 0 unspecified atom stereocenters. The lowest BCUT2D eigenvalue weighted by Crippen LogP contribution is -2.00. The fraction of sp³-hybridized carbons (Fsp3) is 0.333. The van der Waals surface area contributed by atoms with Crippen molar-refractivity contribution >= 4 is 0 Å². The molecule has 0 amide bonds. The summed E-state index contributed by atoms with van der Waals surface area (Å²) in [6.07, 6.45) is 1.09. The van der Waals surface area contributed by atoms with Gasteiger partial charge in [-0.05, 0) is 66.3 Å². The quantitative estimate of drug-likeness (QED) is 0.452. The van der Waals surface area contributed by atoms with Crippen molar-refractivity contribution in [2.45, 2.75) is 46.8 Å².